The number of carbonyl (C=O) groups is 1. The molecule has 0 amide bonds. The van der Waals surface area contributed by atoms with Gasteiger partial charge in [0, 0.05) is 37.0 Å². The van der Waals surface area contributed by atoms with E-state index in [4.69, 9.17) is 9.47 Å². The number of ketones is 1. The van der Waals surface area contributed by atoms with E-state index >= 15 is 0 Å². The normalized spacial score (nSPS) is 33.5. The summed E-state index contributed by atoms with van der Waals surface area (Å²) >= 11 is 0. The van der Waals surface area contributed by atoms with Crippen molar-refractivity contribution in [2.24, 2.45) is 0 Å². The number of hydrogen-bond donors (Lipinski definition) is 0. The van der Waals surface area contributed by atoms with Gasteiger partial charge in [-0.3, -0.25) is 4.79 Å². The number of unbranched alkanes of at least 4 members (excludes halogenated alkanes) is 1. The Morgan fingerprint density at radius 1 is 1.31 bits per heavy atom. The van der Waals surface area contributed by atoms with Gasteiger partial charge in [-0.05, 0) is 50.9 Å². The summed E-state index contributed by atoms with van der Waals surface area (Å²) in [7, 11) is 4.06. The summed E-state index contributed by atoms with van der Waals surface area (Å²) < 4.78 is 12.6. The van der Waals surface area contributed by atoms with Crippen LogP contribution in [0.25, 0.3) is 0 Å². The minimum absolute atomic E-state index is 0.245. The standard InChI is InChI=1S/C22H31NO3/c1-4-5-13-26-18-8-6-7-16-14-19-22(25-3)10-9-17(24)15-21(22,20(16)18)11-12-23(19)2/h6-8,19H,4-5,9-15H2,1-3H3/t19-,21-,22-/m1/s1. The second-order valence-electron chi connectivity index (χ2n) is 8.33. The van der Waals surface area contributed by atoms with Crippen molar-refractivity contribution in [1.29, 1.82) is 0 Å². The number of carbonyl (C=O) groups excluding carboxylic acids is 1. The van der Waals surface area contributed by atoms with Gasteiger partial charge in [0.1, 0.15) is 11.5 Å². The summed E-state index contributed by atoms with van der Waals surface area (Å²) in [4.78, 5) is 15.1. The fraction of sp³-hybridized carbons (Fsp3) is 0.682. The van der Waals surface area contributed by atoms with Gasteiger partial charge in [-0.15, -0.1) is 0 Å². The molecule has 0 spiro atoms. The lowest BCUT2D eigenvalue weighted by Crippen LogP contribution is -2.73. The summed E-state index contributed by atoms with van der Waals surface area (Å²) in [6.45, 7) is 3.92. The topological polar surface area (TPSA) is 38.8 Å². The first-order valence-corrected chi connectivity index (χ1v) is 10.1. The molecule has 142 valence electrons. The van der Waals surface area contributed by atoms with Crippen LogP contribution in [0.3, 0.4) is 0 Å². The lowest BCUT2D eigenvalue weighted by molar-refractivity contribution is -0.183. The molecule has 4 heteroatoms. The SMILES string of the molecule is CCCCOc1cccc2c1[C@]13CCN(C)[C@H](C2)[C@]1(OC)CCC(=O)C3. The van der Waals surface area contributed by atoms with Gasteiger partial charge in [0.05, 0.1) is 12.2 Å². The molecule has 4 rings (SSSR count). The Balaban J connectivity index is 1.88. The average Bonchev–Trinajstić information content (AvgIpc) is 2.64. The third-order valence-electron chi connectivity index (χ3n) is 7.17. The van der Waals surface area contributed by atoms with Gasteiger partial charge in [-0.1, -0.05) is 25.5 Å². The van der Waals surface area contributed by atoms with Crippen LogP contribution in [0.2, 0.25) is 0 Å². The molecule has 1 aliphatic heterocycles. The van der Waals surface area contributed by atoms with Crippen LogP contribution in [0.4, 0.5) is 0 Å². The molecule has 0 N–H and O–H groups in total. The van der Waals surface area contributed by atoms with Crippen LogP contribution in [0, 0.1) is 0 Å². The fourth-order valence-corrected chi connectivity index (χ4v) is 5.93. The van der Waals surface area contributed by atoms with Gasteiger partial charge < -0.3 is 14.4 Å². The molecular formula is C22H31NO3. The molecule has 3 aliphatic rings. The number of nitrogens with zero attached hydrogens (tertiary/aromatic N) is 1. The maximum Gasteiger partial charge on any atom is 0.134 e. The molecule has 2 aliphatic carbocycles. The van der Waals surface area contributed by atoms with Gasteiger partial charge in [-0.25, -0.2) is 0 Å². The molecule has 1 saturated heterocycles. The lowest BCUT2D eigenvalue weighted by atomic mass is 9.49. The first-order chi connectivity index (χ1) is 12.6. The molecule has 3 atom stereocenters. The number of fused-ring (bicyclic) bond motifs is 1. The van der Waals surface area contributed by atoms with Crippen molar-refractivity contribution in [2.75, 3.05) is 27.3 Å². The van der Waals surface area contributed by atoms with Gasteiger partial charge in [-0.2, -0.15) is 0 Å². The highest BCUT2D eigenvalue weighted by atomic mass is 16.5. The summed E-state index contributed by atoms with van der Waals surface area (Å²) in [5.41, 5.74) is 2.09. The molecule has 0 radical (unpaired) electrons. The zero-order valence-corrected chi connectivity index (χ0v) is 16.3. The van der Waals surface area contributed by atoms with E-state index in [1.165, 1.54) is 11.1 Å². The van der Waals surface area contributed by atoms with Crippen LogP contribution in [0.1, 0.15) is 56.6 Å². The molecule has 1 saturated carbocycles. The highest BCUT2D eigenvalue weighted by Crippen LogP contribution is 2.60. The molecule has 1 heterocycles. The van der Waals surface area contributed by atoms with Crippen molar-refractivity contribution in [2.45, 2.75) is 68.9 Å². The predicted molar refractivity (Wildman–Crippen MR) is 102 cm³/mol. The average molecular weight is 357 g/mol. The van der Waals surface area contributed by atoms with Crippen molar-refractivity contribution in [1.82, 2.24) is 4.90 Å². The Hall–Kier alpha value is -1.39. The van der Waals surface area contributed by atoms with Gasteiger partial charge in [0.15, 0.2) is 0 Å². The predicted octanol–water partition coefficient (Wildman–Crippen LogP) is 3.50. The quantitative estimate of drug-likeness (QED) is 0.756. The number of likely N-dealkylation sites (N-methyl/N-ethyl adjacent to an activating group) is 1. The van der Waals surface area contributed by atoms with Crippen molar-refractivity contribution in [3.05, 3.63) is 29.3 Å². The van der Waals surface area contributed by atoms with Crippen LogP contribution in [0.5, 0.6) is 5.75 Å². The van der Waals surface area contributed by atoms with E-state index < -0.39 is 0 Å². The number of benzene rings is 1. The third-order valence-corrected chi connectivity index (χ3v) is 7.17. The fourth-order valence-electron chi connectivity index (χ4n) is 5.93. The second kappa shape index (κ2) is 6.65. The van der Waals surface area contributed by atoms with E-state index in [2.05, 4.69) is 37.1 Å². The van der Waals surface area contributed by atoms with Gasteiger partial charge >= 0.3 is 0 Å². The Kier molecular flexibility index (Phi) is 4.60. The number of rotatable bonds is 5. The number of hydrogen-bond acceptors (Lipinski definition) is 4. The van der Waals surface area contributed by atoms with Crippen LogP contribution >= 0.6 is 0 Å². The van der Waals surface area contributed by atoms with E-state index in [0.717, 1.165) is 51.0 Å². The molecule has 4 nitrogen and oxygen atoms in total. The Morgan fingerprint density at radius 2 is 2.15 bits per heavy atom. The third kappa shape index (κ3) is 2.38. The molecular weight excluding hydrogens is 326 g/mol. The Bertz CT molecular complexity index is 703. The molecule has 1 aromatic rings. The van der Waals surface area contributed by atoms with Crippen molar-refractivity contribution < 1.29 is 14.3 Å². The van der Waals surface area contributed by atoms with Crippen molar-refractivity contribution in [3.8, 4) is 5.75 Å². The molecule has 1 aromatic carbocycles. The maximum atomic E-state index is 12.6. The smallest absolute Gasteiger partial charge is 0.134 e. The Morgan fingerprint density at radius 3 is 2.92 bits per heavy atom. The minimum Gasteiger partial charge on any atom is -0.493 e. The molecule has 0 aromatic heterocycles. The lowest BCUT2D eigenvalue weighted by Gasteiger charge is -2.64. The molecule has 26 heavy (non-hydrogen) atoms. The highest BCUT2D eigenvalue weighted by Gasteiger charge is 2.66. The van der Waals surface area contributed by atoms with Crippen molar-refractivity contribution >= 4 is 5.78 Å². The van der Waals surface area contributed by atoms with E-state index in [0.29, 0.717) is 24.7 Å². The van der Waals surface area contributed by atoms with Crippen molar-refractivity contribution in [3.63, 3.8) is 0 Å². The van der Waals surface area contributed by atoms with E-state index in [1.54, 1.807) is 0 Å². The number of Topliss-reactive ketones (excluding diaryl/α,β-unsaturated/α-hetero) is 1. The largest absolute Gasteiger partial charge is 0.493 e. The zero-order chi connectivity index (χ0) is 18.4. The van der Waals surface area contributed by atoms with Crippen LogP contribution in [0.15, 0.2) is 18.2 Å². The number of ether oxygens (including phenoxy) is 2. The minimum atomic E-state index is -0.287. The number of piperidine rings is 1. The highest BCUT2D eigenvalue weighted by molar-refractivity contribution is 5.83. The van der Waals surface area contributed by atoms with Gasteiger partial charge in [0.2, 0.25) is 0 Å². The summed E-state index contributed by atoms with van der Waals surface area (Å²) in [5, 5.41) is 0. The van der Waals surface area contributed by atoms with Gasteiger partial charge in [0.25, 0.3) is 0 Å². The van der Waals surface area contributed by atoms with E-state index in [9.17, 15) is 4.79 Å². The monoisotopic (exact) mass is 357 g/mol. The summed E-state index contributed by atoms with van der Waals surface area (Å²) in [6.07, 6.45) is 6.14. The molecule has 0 unspecified atom stereocenters. The summed E-state index contributed by atoms with van der Waals surface area (Å²) in [5.74, 6) is 1.35. The second-order valence-corrected chi connectivity index (χ2v) is 8.33. The van der Waals surface area contributed by atoms with E-state index in [-0.39, 0.29) is 11.0 Å². The zero-order valence-electron chi connectivity index (χ0n) is 16.3. The van der Waals surface area contributed by atoms with Crippen LogP contribution < -0.4 is 4.74 Å². The first kappa shape index (κ1) is 18.0. The summed E-state index contributed by atoms with van der Waals surface area (Å²) in [6, 6.07) is 6.76. The number of likely N-dealkylation sites (tertiary alicyclic amines) is 1. The maximum absolute atomic E-state index is 12.6. The molecule has 2 fully saturated rings. The van der Waals surface area contributed by atoms with Crippen LogP contribution in [-0.4, -0.2) is 49.6 Å². The van der Waals surface area contributed by atoms with Crippen LogP contribution in [-0.2, 0) is 21.4 Å². The number of methoxy groups -OCH3 is 1. The van der Waals surface area contributed by atoms with E-state index in [1.807, 2.05) is 7.11 Å². The first-order valence-electron chi connectivity index (χ1n) is 10.1. The molecule has 2 bridgehead atoms. The Labute approximate surface area is 156 Å².